The summed E-state index contributed by atoms with van der Waals surface area (Å²) in [5.74, 6) is 0.768. The lowest BCUT2D eigenvalue weighted by molar-refractivity contribution is 0.744. The minimum Gasteiger partial charge on any atom is -0.384 e. The summed E-state index contributed by atoms with van der Waals surface area (Å²) in [6, 6.07) is 8.48. The number of rotatable bonds is 3. The van der Waals surface area contributed by atoms with E-state index in [1.54, 1.807) is 4.68 Å². The Morgan fingerprint density at radius 3 is 2.47 bits per heavy atom. The largest absolute Gasteiger partial charge is 0.384 e. The number of anilines is 1. The molecule has 0 aliphatic heterocycles. The molecule has 1 aromatic carbocycles. The van der Waals surface area contributed by atoms with Gasteiger partial charge in [-0.1, -0.05) is 24.3 Å². The molecular formula is C14H19N3. The predicted molar refractivity (Wildman–Crippen MR) is 70.9 cm³/mol. The summed E-state index contributed by atoms with van der Waals surface area (Å²) in [6.45, 7) is 4.19. The first kappa shape index (κ1) is 11.7. The molecule has 2 rings (SSSR count). The van der Waals surface area contributed by atoms with Gasteiger partial charge in [0.05, 0.1) is 5.69 Å². The molecule has 0 amide bonds. The summed E-state index contributed by atoms with van der Waals surface area (Å²) in [6.07, 6.45) is 1.96. The van der Waals surface area contributed by atoms with E-state index in [0.717, 1.165) is 29.9 Å². The molecule has 1 aromatic heterocycles. The van der Waals surface area contributed by atoms with E-state index in [2.05, 4.69) is 36.3 Å². The maximum Gasteiger partial charge on any atom is 0.124 e. The molecule has 0 saturated carbocycles. The van der Waals surface area contributed by atoms with Crippen molar-refractivity contribution in [2.75, 3.05) is 5.73 Å². The number of aromatic nitrogens is 2. The molecule has 3 nitrogen and oxygen atoms in total. The average Bonchev–Trinajstić information content (AvgIpc) is 2.56. The van der Waals surface area contributed by atoms with Crippen LogP contribution in [0.2, 0.25) is 0 Å². The highest BCUT2D eigenvalue weighted by Crippen LogP contribution is 2.17. The molecule has 0 aliphatic carbocycles. The Morgan fingerprint density at radius 2 is 1.88 bits per heavy atom. The van der Waals surface area contributed by atoms with E-state index < -0.39 is 0 Å². The first-order valence-electron chi connectivity index (χ1n) is 5.92. The van der Waals surface area contributed by atoms with Gasteiger partial charge in [-0.15, -0.1) is 0 Å². The Balaban J connectivity index is 2.13. The van der Waals surface area contributed by atoms with Gasteiger partial charge < -0.3 is 5.73 Å². The summed E-state index contributed by atoms with van der Waals surface area (Å²) >= 11 is 0. The monoisotopic (exact) mass is 229 g/mol. The third-order valence-corrected chi connectivity index (χ3v) is 3.33. The van der Waals surface area contributed by atoms with Gasteiger partial charge in [0.2, 0.25) is 0 Å². The maximum atomic E-state index is 5.90. The molecule has 2 aromatic rings. The first-order chi connectivity index (χ1) is 8.09. The van der Waals surface area contributed by atoms with Crippen molar-refractivity contribution in [3.63, 3.8) is 0 Å². The van der Waals surface area contributed by atoms with Crippen molar-refractivity contribution in [2.45, 2.75) is 26.7 Å². The van der Waals surface area contributed by atoms with Crippen LogP contribution in [0.3, 0.4) is 0 Å². The third-order valence-electron chi connectivity index (χ3n) is 3.33. The van der Waals surface area contributed by atoms with Crippen molar-refractivity contribution in [3.05, 3.63) is 46.6 Å². The van der Waals surface area contributed by atoms with Crippen LogP contribution >= 0.6 is 0 Å². The van der Waals surface area contributed by atoms with E-state index >= 15 is 0 Å². The van der Waals surface area contributed by atoms with E-state index in [0.29, 0.717) is 0 Å². The Labute approximate surface area is 102 Å². The van der Waals surface area contributed by atoms with Gasteiger partial charge in [0.15, 0.2) is 0 Å². The molecule has 0 saturated heterocycles. The van der Waals surface area contributed by atoms with E-state index in [4.69, 9.17) is 5.73 Å². The smallest absolute Gasteiger partial charge is 0.124 e. The molecule has 3 heteroatoms. The average molecular weight is 229 g/mol. The fourth-order valence-electron chi connectivity index (χ4n) is 2.08. The van der Waals surface area contributed by atoms with Crippen LogP contribution in [-0.2, 0) is 19.9 Å². The van der Waals surface area contributed by atoms with E-state index in [-0.39, 0.29) is 0 Å². The quantitative estimate of drug-likeness (QED) is 0.878. The van der Waals surface area contributed by atoms with E-state index in [9.17, 15) is 0 Å². The van der Waals surface area contributed by atoms with Gasteiger partial charge in [-0.25, -0.2) is 0 Å². The summed E-state index contributed by atoms with van der Waals surface area (Å²) in [5, 5.41) is 4.45. The number of benzene rings is 1. The normalized spacial score (nSPS) is 10.8. The second-order valence-electron chi connectivity index (χ2n) is 4.51. The fourth-order valence-corrected chi connectivity index (χ4v) is 2.08. The summed E-state index contributed by atoms with van der Waals surface area (Å²) in [5.41, 5.74) is 10.8. The van der Waals surface area contributed by atoms with Crippen LogP contribution in [0.5, 0.6) is 0 Å². The maximum absolute atomic E-state index is 5.90. The number of hydrogen-bond acceptors (Lipinski definition) is 2. The fraction of sp³-hybridized carbons (Fsp3) is 0.357. The van der Waals surface area contributed by atoms with Crippen LogP contribution in [0.15, 0.2) is 24.3 Å². The number of aryl methyl sites for hydroxylation is 4. The SMILES string of the molecule is Cc1ccccc1CCc1nn(C)c(N)c1C. The van der Waals surface area contributed by atoms with Gasteiger partial charge in [-0.05, 0) is 37.8 Å². The second kappa shape index (κ2) is 4.62. The highest BCUT2D eigenvalue weighted by atomic mass is 15.3. The van der Waals surface area contributed by atoms with Crippen LogP contribution in [0.4, 0.5) is 5.82 Å². The first-order valence-corrected chi connectivity index (χ1v) is 5.92. The van der Waals surface area contributed by atoms with Gasteiger partial charge in [0, 0.05) is 12.6 Å². The zero-order chi connectivity index (χ0) is 12.4. The topological polar surface area (TPSA) is 43.8 Å². The molecule has 17 heavy (non-hydrogen) atoms. The zero-order valence-electron chi connectivity index (χ0n) is 10.7. The minimum absolute atomic E-state index is 0.768. The molecule has 0 unspecified atom stereocenters. The Hall–Kier alpha value is -1.77. The van der Waals surface area contributed by atoms with Gasteiger partial charge >= 0.3 is 0 Å². The van der Waals surface area contributed by atoms with Gasteiger partial charge in [0.25, 0.3) is 0 Å². The van der Waals surface area contributed by atoms with Gasteiger partial charge in [-0.3, -0.25) is 4.68 Å². The predicted octanol–water partition coefficient (Wildman–Crippen LogP) is 2.40. The molecular weight excluding hydrogens is 210 g/mol. The van der Waals surface area contributed by atoms with E-state index in [1.165, 1.54) is 11.1 Å². The standard InChI is InChI=1S/C14H19N3/c1-10-6-4-5-7-12(10)8-9-13-11(2)14(15)17(3)16-13/h4-7H,8-9,15H2,1-3H3. The van der Waals surface area contributed by atoms with Crippen LogP contribution in [0.25, 0.3) is 0 Å². The zero-order valence-corrected chi connectivity index (χ0v) is 10.7. The van der Waals surface area contributed by atoms with Gasteiger partial charge in [0.1, 0.15) is 5.82 Å². The lowest BCUT2D eigenvalue weighted by Crippen LogP contribution is -1.98. The lowest BCUT2D eigenvalue weighted by Gasteiger charge is -2.04. The highest BCUT2D eigenvalue weighted by Gasteiger charge is 2.09. The van der Waals surface area contributed by atoms with Crippen molar-refractivity contribution in [1.29, 1.82) is 0 Å². The summed E-state index contributed by atoms with van der Waals surface area (Å²) in [7, 11) is 1.89. The molecule has 1 heterocycles. The molecule has 0 atom stereocenters. The molecule has 0 aliphatic rings. The third kappa shape index (κ3) is 2.33. The van der Waals surface area contributed by atoms with Crippen LogP contribution < -0.4 is 5.73 Å². The Bertz CT molecular complexity index is 526. The number of nitrogens with two attached hydrogens (primary N) is 1. The molecule has 0 fully saturated rings. The minimum atomic E-state index is 0.768. The molecule has 2 N–H and O–H groups in total. The number of hydrogen-bond donors (Lipinski definition) is 1. The lowest BCUT2D eigenvalue weighted by atomic mass is 10.0. The Morgan fingerprint density at radius 1 is 1.18 bits per heavy atom. The molecule has 0 spiro atoms. The number of nitrogen functional groups attached to an aromatic ring is 1. The molecule has 90 valence electrons. The van der Waals surface area contributed by atoms with Crippen molar-refractivity contribution in [1.82, 2.24) is 9.78 Å². The van der Waals surface area contributed by atoms with Crippen LogP contribution in [0, 0.1) is 13.8 Å². The van der Waals surface area contributed by atoms with Gasteiger partial charge in [-0.2, -0.15) is 5.10 Å². The molecule has 0 bridgehead atoms. The highest BCUT2D eigenvalue weighted by molar-refractivity contribution is 5.42. The van der Waals surface area contributed by atoms with Crippen molar-refractivity contribution >= 4 is 5.82 Å². The summed E-state index contributed by atoms with van der Waals surface area (Å²) in [4.78, 5) is 0. The van der Waals surface area contributed by atoms with Crippen molar-refractivity contribution < 1.29 is 0 Å². The van der Waals surface area contributed by atoms with Crippen molar-refractivity contribution in [3.8, 4) is 0 Å². The number of nitrogens with zero attached hydrogens (tertiary/aromatic N) is 2. The van der Waals surface area contributed by atoms with Crippen LogP contribution in [0.1, 0.15) is 22.4 Å². The second-order valence-corrected chi connectivity index (χ2v) is 4.51. The van der Waals surface area contributed by atoms with Crippen molar-refractivity contribution in [2.24, 2.45) is 7.05 Å². The Kier molecular flexibility index (Phi) is 3.18. The van der Waals surface area contributed by atoms with E-state index in [1.807, 2.05) is 14.0 Å². The van der Waals surface area contributed by atoms with Crippen LogP contribution in [-0.4, -0.2) is 9.78 Å². The molecule has 0 radical (unpaired) electrons. The summed E-state index contributed by atoms with van der Waals surface area (Å²) < 4.78 is 1.75.